The first-order valence-corrected chi connectivity index (χ1v) is 7.94. The third-order valence-corrected chi connectivity index (χ3v) is 4.98. The Bertz CT molecular complexity index is 618. The van der Waals surface area contributed by atoms with E-state index in [4.69, 9.17) is 0 Å². The lowest BCUT2D eigenvalue weighted by molar-refractivity contribution is -0.131. The predicted octanol–water partition coefficient (Wildman–Crippen LogP) is 2.65. The number of rotatable bonds is 5. The highest BCUT2D eigenvalue weighted by Crippen LogP contribution is 2.22. The molecule has 0 saturated heterocycles. The largest absolute Gasteiger partial charge is 0.337 e. The van der Waals surface area contributed by atoms with Crippen LogP contribution < -0.4 is 0 Å². The Labute approximate surface area is 129 Å². The molecule has 2 heterocycles. The third-order valence-electron chi connectivity index (χ3n) is 4.03. The predicted molar refractivity (Wildman–Crippen MR) is 84.3 cm³/mol. The maximum absolute atomic E-state index is 12.4. The number of aromatic nitrogens is 3. The van der Waals surface area contributed by atoms with Crippen LogP contribution in [0.4, 0.5) is 0 Å². The van der Waals surface area contributed by atoms with Gasteiger partial charge in [0.1, 0.15) is 5.01 Å². The molecule has 5 nitrogen and oxygen atoms in total. The highest BCUT2D eigenvalue weighted by atomic mass is 32.1. The number of hydrogen-bond donors (Lipinski definition) is 0. The van der Waals surface area contributed by atoms with Gasteiger partial charge >= 0.3 is 0 Å². The summed E-state index contributed by atoms with van der Waals surface area (Å²) in [4.78, 5) is 18.4. The van der Waals surface area contributed by atoms with Crippen LogP contribution in [0.1, 0.15) is 41.3 Å². The molecule has 0 N–H and O–H groups in total. The van der Waals surface area contributed by atoms with Crippen LogP contribution in [-0.4, -0.2) is 32.6 Å². The van der Waals surface area contributed by atoms with E-state index in [1.54, 1.807) is 22.4 Å². The number of amides is 1. The van der Waals surface area contributed by atoms with Crippen molar-refractivity contribution in [2.24, 2.45) is 7.05 Å². The molecule has 0 aromatic carbocycles. The molecule has 1 amide bonds. The molecule has 2 aromatic rings. The summed E-state index contributed by atoms with van der Waals surface area (Å²) >= 11 is 1.58. The quantitative estimate of drug-likeness (QED) is 0.853. The lowest BCUT2D eigenvalue weighted by Gasteiger charge is -2.23. The molecular weight excluding hydrogens is 284 g/mol. The number of carbonyl (C=O) groups excluding carboxylic acids is 1. The molecule has 0 aliphatic rings. The van der Waals surface area contributed by atoms with Crippen molar-refractivity contribution in [2.45, 2.75) is 39.7 Å². The molecule has 6 heteroatoms. The van der Waals surface area contributed by atoms with E-state index in [-0.39, 0.29) is 11.9 Å². The summed E-state index contributed by atoms with van der Waals surface area (Å²) in [5.41, 5.74) is 3.33. The van der Waals surface area contributed by atoms with E-state index >= 15 is 0 Å². The van der Waals surface area contributed by atoms with Crippen molar-refractivity contribution < 1.29 is 4.79 Å². The Balaban J connectivity index is 1.98. The highest BCUT2D eigenvalue weighted by Gasteiger charge is 2.20. The topological polar surface area (TPSA) is 51.0 Å². The fourth-order valence-electron chi connectivity index (χ4n) is 2.41. The van der Waals surface area contributed by atoms with Crippen LogP contribution in [0.3, 0.4) is 0 Å². The summed E-state index contributed by atoms with van der Waals surface area (Å²) < 4.78 is 1.87. The smallest absolute Gasteiger partial charge is 0.223 e. The Kier molecular flexibility index (Phi) is 4.77. The van der Waals surface area contributed by atoms with Crippen molar-refractivity contribution in [3.05, 3.63) is 33.5 Å². The second kappa shape index (κ2) is 6.39. The molecule has 2 aromatic heterocycles. The Hall–Kier alpha value is -1.69. The zero-order chi connectivity index (χ0) is 15.6. The molecule has 0 saturated carbocycles. The van der Waals surface area contributed by atoms with Gasteiger partial charge in [-0.3, -0.25) is 9.48 Å². The number of nitrogens with zero attached hydrogens (tertiary/aromatic N) is 4. The first-order valence-electron chi connectivity index (χ1n) is 7.06. The molecule has 0 bridgehead atoms. The monoisotopic (exact) mass is 306 g/mol. The molecule has 0 unspecified atom stereocenters. The van der Waals surface area contributed by atoms with Crippen molar-refractivity contribution in [3.8, 4) is 0 Å². The van der Waals surface area contributed by atoms with Crippen LogP contribution in [0, 0.1) is 13.8 Å². The van der Waals surface area contributed by atoms with E-state index in [1.165, 1.54) is 5.56 Å². The van der Waals surface area contributed by atoms with Gasteiger partial charge in [-0.1, -0.05) is 0 Å². The summed E-state index contributed by atoms with van der Waals surface area (Å²) in [5.74, 6) is 0.139. The molecule has 1 atom stereocenters. The molecule has 0 aliphatic carbocycles. The van der Waals surface area contributed by atoms with Gasteiger partial charge in [-0.05, 0) is 32.8 Å². The van der Waals surface area contributed by atoms with Crippen LogP contribution >= 0.6 is 11.3 Å². The Morgan fingerprint density at radius 1 is 1.48 bits per heavy atom. The van der Waals surface area contributed by atoms with Crippen LogP contribution in [0.15, 0.2) is 11.6 Å². The number of hydrogen-bond acceptors (Lipinski definition) is 4. The van der Waals surface area contributed by atoms with Crippen LogP contribution in [0.25, 0.3) is 0 Å². The van der Waals surface area contributed by atoms with Crippen molar-refractivity contribution in [2.75, 3.05) is 7.05 Å². The molecule has 0 spiro atoms. The number of carbonyl (C=O) groups is 1. The highest BCUT2D eigenvalue weighted by molar-refractivity contribution is 7.09. The summed E-state index contributed by atoms with van der Waals surface area (Å²) in [7, 11) is 3.78. The van der Waals surface area contributed by atoms with E-state index < -0.39 is 0 Å². The summed E-state index contributed by atoms with van der Waals surface area (Å²) in [5, 5.41) is 7.30. The van der Waals surface area contributed by atoms with E-state index in [2.05, 4.69) is 10.1 Å². The average molecular weight is 306 g/mol. The Morgan fingerprint density at radius 3 is 2.71 bits per heavy atom. The molecule has 0 aliphatic heterocycles. The lowest BCUT2D eigenvalue weighted by atomic mass is 10.1. The molecule has 0 fully saturated rings. The van der Waals surface area contributed by atoms with Crippen molar-refractivity contribution >= 4 is 17.2 Å². The lowest BCUT2D eigenvalue weighted by Crippen LogP contribution is -2.29. The van der Waals surface area contributed by atoms with Gasteiger partial charge in [0.05, 0.1) is 11.7 Å². The van der Waals surface area contributed by atoms with Crippen molar-refractivity contribution in [1.29, 1.82) is 0 Å². The van der Waals surface area contributed by atoms with E-state index in [0.717, 1.165) is 22.8 Å². The minimum atomic E-state index is 0.0218. The van der Waals surface area contributed by atoms with E-state index in [9.17, 15) is 4.79 Å². The molecular formula is C15H22N4OS. The van der Waals surface area contributed by atoms with Gasteiger partial charge in [0, 0.05) is 37.8 Å². The maximum atomic E-state index is 12.4. The van der Waals surface area contributed by atoms with Gasteiger partial charge < -0.3 is 4.90 Å². The zero-order valence-electron chi connectivity index (χ0n) is 13.3. The zero-order valence-corrected chi connectivity index (χ0v) is 14.1. The fraction of sp³-hybridized carbons (Fsp3) is 0.533. The number of aryl methyl sites for hydroxylation is 2. The summed E-state index contributed by atoms with van der Waals surface area (Å²) in [6, 6.07) is 0.0218. The van der Waals surface area contributed by atoms with E-state index in [0.29, 0.717) is 6.42 Å². The molecule has 2 rings (SSSR count). The minimum absolute atomic E-state index is 0.0218. The molecule has 21 heavy (non-hydrogen) atoms. The summed E-state index contributed by atoms with van der Waals surface area (Å²) in [6.07, 6.45) is 3.01. The van der Waals surface area contributed by atoms with Crippen LogP contribution in [0.2, 0.25) is 0 Å². The van der Waals surface area contributed by atoms with Crippen LogP contribution in [-0.2, 0) is 18.3 Å². The minimum Gasteiger partial charge on any atom is -0.337 e. The van der Waals surface area contributed by atoms with Crippen molar-refractivity contribution in [1.82, 2.24) is 19.7 Å². The average Bonchev–Trinajstić information content (AvgIpc) is 3.06. The van der Waals surface area contributed by atoms with E-state index in [1.807, 2.05) is 44.9 Å². The first kappa shape index (κ1) is 15.7. The van der Waals surface area contributed by atoms with Crippen molar-refractivity contribution in [3.63, 3.8) is 0 Å². The standard InChI is InChI=1S/C15H22N4OS/c1-10-13(11(2)19(5)17-10)6-7-14(20)18(4)12(3)15-16-8-9-21-15/h8-9,12H,6-7H2,1-5H3/t12-/m1/s1. The first-order chi connectivity index (χ1) is 9.91. The molecule has 0 radical (unpaired) electrons. The third kappa shape index (κ3) is 3.32. The van der Waals surface area contributed by atoms with Gasteiger partial charge in [-0.2, -0.15) is 5.10 Å². The Morgan fingerprint density at radius 2 is 2.19 bits per heavy atom. The van der Waals surface area contributed by atoms with Gasteiger partial charge in [0.2, 0.25) is 5.91 Å². The summed E-state index contributed by atoms with van der Waals surface area (Å²) in [6.45, 7) is 6.05. The normalized spacial score (nSPS) is 12.4. The second-order valence-electron chi connectivity index (χ2n) is 5.32. The van der Waals surface area contributed by atoms with Gasteiger partial charge in [-0.15, -0.1) is 11.3 Å². The molecule has 114 valence electrons. The maximum Gasteiger partial charge on any atom is 0.223 e. The second-order valence-corrected chi connectivity index (χ2v) is 6.25. The number of thiazole rings is 1. The fourth-order valence-corrected chi connectivity index (χ4v) is 3.15. The van der Waals surface area contributed by atoms with Crippen LogP contribution in [0.5, 0.6) is 0 Å². The van der Waals surface area contributed by atoms with Gasteiger partial charge in [0.25, 0.3) is 0 Å². The van der Waals surface area contributed by atoms with Gasteiger partial charge in [-0.25, -0.2) is 4.98 Å². The van der Waals surface area contributed by atoms with Gasteiger partial charge in [0.15, 0.2) is 0 Å². The SMILES string of the molecule is Cc1nn(C)c(C)c1CCC(=O)N(C)[C@H](C)c1nccs1.